The van der Waals surface area contributed by atoms with Gasteiger partial charge in [0.1, 0.15) is 11.6 Å². The highest BCUT2D eigenvalue weighted by atomic mass is 32.2. The molecule has 0 saturated heterocycles. The van der Waals surface area contributed by atoms with E-state index >= 15 is 0 Å². The van der Waals surface area contributed by atoms with Crippen molar-refractivity contribution >= 4 is 11.8 Å². The first-order valence-electron chi connectivity index (χ1n) is 12.8. The topological polar surface area (TPSA) is 62.1 Å². The zero-order valence-electron chi connectivity index (χ0n) is 20.7. The van der Waals surface area contributed by atoms with Crippen LogP contribution in [0.2, 0.25) is 0 Å². The molecule has 6 rings (SSSR count). The van der Waals surface area contributed by atoms with E-state index in [0.29, 0.717) is 30.1 Å². The summed E-state index contributed by atoms with van der Waals surface area (Å²) in [5, 5.41) is 10.0. The van der Waals surface area contributed by atoms with E-state index in [2.05, 4.69) is 26.7 Å². The highest BCUT2D eigenvalue weighted by Crippen LogP contribution is 2.42. The van der Waals surface area contributed by atoms with Gasteiger partial charge in [-0.1, -0.05) is 61.9 Å². The van der Waals surface area contributed by atoms with Crippen LogP contribution in [0.15, 0.2) is 72.1 Å². The Labute approximate surface area is 220 Å². The number of benzene rings is 2. The largest absolute Gasteiger partial charge is 0.460 e. The predicted molar refractivity (Wildman–Crippen MR) is 140 cm³/mol. The number of thioether (sulfide) groups is 1. The molecule has 2 aromatic carbocycles. The van der Waals surface area contributed by atoms with Gasteiger partial charge in [-0.2, -0.15) is 0 Å². The lowest BCUT2D eigenvalue weighted by molar-refractivity contribution is -0.112. The van der Waals surface area contributed by atoms with Crippen LogP contribution >= 0.6 is 11.8 Å². The molecule has 0 N–H and O–H groups in total. The summed E-state index contributed by atoms with van der Waals surface area (Å²) in [6.07, 6.45) is 7.80. The normalized spacial score (nSPS) is 21.3. The Morgan fingerprint density at radius 2 is 1.92 bits per heavy atom. The van der Waals surface area contributed by atoms with E-state index in [4.69, 9.17) is 9.47 Å². The van der Waals surface area contributed by atoms with Crippen molar-refractivity contribution < 1.29 is 13.9 Å². The summed E-state index contributed by atoms with van der Waals surface area (Å²) in [6, 6.07) is 17.1. The van der Waals surface area contributed by atoms with Crippen molar-refractivity contribution in [2.45, 2.75) is 62.5 Å². The van der Waals surface area contributed by atoms with Gasteiger partial charge in [-0.15, -0.1) is 10.2 Å². The highest BCUT2D eigenvalue weighted by molar-refractivity contribution is 7.98. The van der Waals surface area contributed by atoms with Crippen LogP contribution in [0.25, 0.3) is 11.4 Å². The summed E-state index contributed by atoms with van der Waals surface area (Å²) < 4.78 is 29.0. The molecule has 0 bridgehead atoms. The lowest BCUT2D eigenvalue weighted by Gasteiger charge is -2.31. The molecule has 1 fully saturated rings. The number of hydrogen-bond donors (Lipinski definition) is 0. The van der Waals surface area contributed by atoms with Gasteiger partial charge in [-0.3, -0.25) is 9.55 Å². The van der Waals surface area contributed by atoms with Crippen LogP contribution in [0.3, 0.4) is 0 Å². The second-order valence-corrected chi connectivity index (χ2v) is 10.7. The lowest BCUT2D eigenvalue weighted by atomic mass is 9.85. The van der Waals surface area contributed by atoms with Crippen molar-refractivity contribution in [3.8, 4) is 17.1 Å². The summed E-state index contributed by atoms with van der Waals surface area (Å²) in [6.45, 7) is 2.61. The second-order valence-electron chi connectivity index (χ2n) is 9.76. The molecule has 0 spiro atoms. The molecule has 6 nitrogen and oxygen atoms in total. The number of hydrogen-bond acceptors (Lipinski definition) is 6. The Morgan fingerprint density at radius 1 is 1.05 bits per heavy atom. The van der Waals surface area contributed by atoms with Gasteiger partial charge in [-0.25, -0.2) is 4.39 Å². The van der Waals surface area contributed by atoms with Gasteiger partial charge >= 0.3 is 0 Å². The molecule has 1 aliphatic heterocycles. The molecule has 0 unspecified atom stereocenters. The Morgan fingerprint density at radius 3 is 2.73 bits per heavy atom. The van der Waals surface area contributed by atoms with E-state index < -0.39 is 6.29 Å². The molecule has 3 atom stereocenters. The van der Waals surface area contributed by atoms with Crippen molar-refractivity contribution in [3.05, 3.63) is 89.5 Å². The number of aromatic nitrogens is 4. The molecule has 1 aliphatic carbocycles. The zero-order chi connectivity index (χ0) is 25.2. The molecule has 2 aromatic heterocycles. The van der Waals surface area contributed by atoms with Crippen LogP contribution in [0, 0.1) is 11.7 Å². The first-order chi connectivity index (χ1) is 18.2. The van der Waals surface area contributed by atoms with Crippen molar-refractivity contribution in [2.75, 3.05) is 0 Å². The molecule has 3 heterocycles. The molecule has 1 saturated carbocycles. The Bertz CT molecular complexity index is 1370. The maximum Gasteiger partial charge on any atom is 0.227 e. The Hall–Kier alpha value is -3.23. The van der Waals surface area contributed by atoms with Gasteiger partial charge in [0.2, 0.25) is 6.29 Å². The predicted octanol–water partition coefficient (Wildman–Crippen LogP) is 7.13. The average molecular weight is 517 g/mol. The molecule has 0 amide bonds. The van der Waals surface area contributed by atoms with Crippen molar-refractivity contribution in [1.29, 1.82) is 0 Å². The summed E-state index contributed by atoms with van der Waals surface area (Å²) in [5.41, 5.74) is 3.40. The number of halogens is 1. The van der Waals surface area contributed by atoms with Crippen LogP contribution in [-0.4, -0.2) is 19.7 Å². The number of pyridine rings is 1. The Kier molecular flexibility index (Phi) is 6.93. The van der Waals surface area contributed by atoms with Crippen LogP contribution in [-0.2, 0) is 17.1 Å². The van der Waals surface area contributed by atoms with Crippen LogP contribution < -0.4 is 4.74 Å². The minimum absolute atomic E-state index is 0.293. The lowest BCUT2D eigenvalue weighted by Crippen LogP contribution is -2.22. The van der Waals surface area contributed by atoms with E-state index in [1.165, 1.54) is 25.3 Å². The monoisotopic (exact) mass is 516 g/mol. The molecular formula is C29H29FN4O2S. The fourth-order valence-electron chi connectivity index (χ4n) is 5.35. The molecular weight excluding hydrogens is 487 g/mol. The minimum Gasteiger partial charge on any atom is -0.460 e. The van der Waals surface area contributed by atoms with E-state index in [1.807, 2.05) is 48.7 Å². The summed E-state index contributed by atoms with van der Waals surface area (Å²) >= 11 is 1.57. The molecule has 190 valence electrons. The quantitative estimate of drug-likeness (QED) is 0.254. The number of nitrogens with zero attached hydrogens (tertiary/aromatic N) is 4. The Balaban J connectivity index is 1.31. The number of rotatable bonds is 6. The molecule has 2 aliphatic rings. The van der Waals surface area contributed by atoms with Gasteiger partial charge in [0.15, 0.2) is 11.0 Å². The maximum absolute atomic E-state index is 14.6. The van der Waals surface area contributed by atoms with Gasteiger partial charge in [0.25, 0.3) is 0 Å². The first-order valence-corrected chi connectivity index (χ1v) is 13.8. The van der Waals surface area contributed by atoms with Crippen molar-refractivity contribution in [1.82, 2.24) is 19.7 Å². The summed E-state index contributed by atoms with van der Waals surface area (Å²) in [7, 11) is 0. The van der Waals surface area contributed by atoms with E-state index in [1.54, 1.807) is 24.0 Å². The second kappa shape index (κ2) is 10.6. The van der Waals surface area contributed by atoms with Gasteiger partial charge < -0.3 is 9.47 Å². The van der Waals surface area contributed by atoms with Crippen molar-refractivity contribution in [3.63, 3.8) is 0 Å². The molecule has 8 heteroatoms. The van der Waals surface area contributed by atoms with Crippen molar-refractivity contribution in [2.24, 2.45) is 5.92 Å². The van der Waals surface area contributed by atoms with E-state index in [0.717, 1.165) is 39.7 Å². The van der Waals surface area contributed by atoms with Crippen LogP contribution in [0.1, 0.15) is 61.6 Å². The smallest absolute Gasteiger partial charge is 0.227 e. The average Bonchev–Trinajstić information content (AvgIpc) is 3.36. The van der Waals surface area contributed by atoms with Gasteiger partial charge in [-0.05, 0) is 43.0 Å². The molecule has 4 aromatic rings. The van der Waals surface area contributed by atoms with E-state index in [-0.39, 0.29) is 5.82 Å². The fraction of sp³-hybridized carbons (Fsp3) is 0.345. The van der Waals surface area contributed by atoms with Gasteiger partial charge in [0.05, 0.1) is 6.61 Å². The third-order valence-electron chi connectivity index (χ3n) is 7.23. The van der Waals surface area contributed by atoms with Crippen LogP contribution in [0.5, 0.6) is 5.75 Å². The SMILES string of the molecule is C[C@H]1CCCC[C@@H]1n1c(SCc2cc(F)cc3c2O[C@H](c2ccccc2)OC3)nnc1-c1cccnc1. The zero-order valence-corrected chi connectivity index (χ0v) is 21.5. The molecule has 37 heavy (non-hydrogen) atoms. The van der Waals surface area contributed by atoms with Crippen LogP contribution in [0.4, 0.5) is 4.39 Å². The summed E-state index contributed by atoms with van der Waals surface area (Å²) in [4.78, 5) is 4.30. The third-order valence-corrected chi connectivity index (χ3v) is 8.23. The van der Waals surface area contributed by atoms with E-state index in [9.17, 15) is 4.39 Å². The standard InChI is InChI=1S/C29H29FN4O2S/c1-19-8-5-6-12-25(19)34-27(21-11-7-13-31-16-21)32-33-29(34)37-18-23-15-24(30)14-22-17-35-28(36-26(22)23)20-9-3-2-4-10-20/h2-4,7,9-11,13-16,19,25,28H,5-6,8,12,17-18H2,1H3/t19-,25-,28+/m0/s1. The minimum atomic E-state index is -0.521. The first kappa shape index (κ1) is 24.1. The fourth-order valence-corrected chi connectivity index (χ4v) is 6.31. The molecule has 0 radical (unpaired) electrons. The number of fused-ring (bicyclic) bond motifs is 1. The number of ether oxygens (including phenoxy) is 2. The maximum atomic E-state index is 14.6. The van der Waals surface area contributed by atoms with Gasteiger partial charge in [0, 0.05) is 46.4 Å². The third kappa shape index (κ3) is 5.00. The summed E-state index contributed by atoms with van der Waals surface area (Å²) in [5.74, 6) is 2.27. The highest BCUT2D eigenvalue weighted by Gasteiger charge is 2.30.